The molecule has 2 aromatic carbocycles. The molecule has 134 valence electrons. The lowest BCUT2D eigenvalue weighted by Gasteiger charge is -2.31. The van der Waals surface area contributed by atoms with Gasteiger partial charge in [-0.1, -0.05) is 24.3 Å². The molecule has 0 aliphatic heterocycles. The minimum atomic E-state index is -0.940. The van der Waals surface area contributed by atoms with Crippen LogP contribution in [0.3, 0.4) is 0 Å². The zero-order valence-corrected chi connectivity index (χ0v) is 14.4. The Morgan fingerprint density at radius 2 is 1.69 bits per heavy atom. The molecule has 2 aromatic rings. The number of hydrogen-bond donors (Lipinski definition) is 2. The molecule has 0 radical (unpaired) electrons. The first-order chi connectivity index (χ1) is 12.5. The van der Waals surface area contributed by atoms with Crippen molar-refractivity contribution in [1.82, 2.24) is 0 Å². The van der Waals surface area contributed by atoms with Crippen LogP contribution in [-0.2, 0) is 9.59 Å². The third-order valence-corrected chi connectivity index (χ3v) is 4.75. The van der Waals surface area contributed by atoms with Gasteiger partial charge in [0.15, 0.2) is 0 Å². The fraction of sp³-hybridized carbons (Fsp3) is 0.250. The third-order valence-electron chi connectivity index (χ3n) is 4.75. The summed E-state index contributed by atoms with van der Waals surface area (Å²) in [5, 5.41) is 11.8. The number of rotatable bonds is 5. The molecule has 2 amide bonds. The number of carbonyl (C=O) groups is 3. The Kier molecular flexibility index (Phi) is 5.02. The van der Waals surface area contributed by atoms with Gasteiger partial charge in [-0.2, -0.15) is 0 Å². The van der Waals surface area contributed by atoms with E-state index in [2.05, 4.69) is 5.32 Å². The number of para-hydroxylation sites is 1. The molecule has 2 N–H and O–H groups in total. The molecule has 3 rings (SSSR count). The molecule has 2 unspecified atom stereocenters. The molecule has 0 aromatic heterocycles. The summed E-state index contributed by atoms with van der Waals surface area (Å²) < 4.78 is 0. The SMILES string of the molecule is CN(C(=O)c1cccc(NC(=O)C2CCC2C(=O)O)c1)c1ccccc1. The number of benzene rings is 2. The normalized spacial score (nSPS) is 18.5. The highest BCUT2D eigenvalue weighted by molar-refractivity contribution is 6.06. The van der Waals surface area contributed by atoms with Gasteiger partial charge in [0, 0.05) is 24.0 Å². The number of nitrogens with one attached hydrogen (secondary N) is 1. The molecule has 0 spiro atoms. The summed E-state index contributed by atoms with van der Waals surface area (Å²) in [6, 6.07) is 15.9. The van der Waals surface area contributed by atoms with Crippen LogP contribution in [0.4, 0.5) is 11.4 Å². The second kappa shape index (κ2) is 7.39. The van der Waals surface area contributed by atoms with Crippen LogP contribution in [0.1, 0.15) is 23.2 Å². The summed E-state index contributed by atoms with van der Waals surface area (Å²) in [6.07, 6.45) is 1.09. The van der Waals surface area contributed by atoms with Crippen molar-refractivity contribution in [2.45, 2.75) is 12.8 Å². The quantitative estimate of drug-likeness (QED) is 0.866. The number of anilines is 2. The lowest BCUT2D eigenvalue weighted by Crippen LogP contribution is -2.41. The van der Waals surface area contributed by atoms with Gasteiger partial charge in [-0.05, 0) is 43.2 Å². The highest BCUT2D eigenvalue weighted by Gasteiger charge is 2.41. The zero-order valence-electron chi connectivity index (χ0n) is 14.4. The largest absolute Gasteiger partial charge is 0.481 e. The summed E-state index contributed by atoms with van der Waals surface area (Å²) in [6.45, 7) is 0. The molecule has 26 heavy (non-hydrogen) atoms. The van der Waals surface area contributed by atoms with Crippen molar-refractivity contribution in [2.75, 3.05) is 17.3 Å². The number of carboxylic acid groups (broad SMARTS) is 1. The molecule has 6 nitrogen and oxygen atoms in total. The molecule has 1 aliphatic carbocycles. The molecule has 6 heteroatoms. The van der Waals surface area contributed by atoms with Gasteiger partial charge in [0.1, 0.15) is 0 Å². The monoisotopic (exact) mass is 352 g/mol. The fourth-order valence-electron chi connectivity index (χ4n) is 3.04. The highest BCUT2D eigenvalue weighted by atomic mass is 16.4. The average molecular weight is 352 g/mol. The number of nitrogens with zero attached hydrogens (tertiary/aromatic N) is 1. The summed E-state index contributed by atoms with van der Waals surface area (Å²) in [5.41, 5.74) is 1.70. The molecule has 0 heterocycles. The Balaban J connectivity index is 1.71. The van der Waals surface area contributed by atoms with Gasteiger partial charge in [-0.3, -0.25) is 14.4 Å². The van der Waals surface area contributed by atoms with E-state index in [0.717, 1.165) is 5.69 Å². The Bertz CT molecular complexity index is 835. The van der Waals surface area contributed by atoms with E-state index in [9.17, 15) is 14.4 Å². The molecule has 2 atom stereocenters. The van der Waals surface area contributed by atoms with E-state index >= 15 is 0 Å². The Morgan fingerprint density at radius 3 is 2.31 bits per heavy atom. The zero-order chi connectivity index (χ0) is 18.7. The van der Waals surface area contributed by atoms with Gasteiger partial charge in [-0.15, -0.1) is 0 Å². The highest BCUT2D eigenvalue weighted by Crippen LogP contribution is 2.35. The summed E-state index contributed by atoms with van der Waals surface area (Å²) in [7, 11) is 1.69. The number of amides is 2. The number of hydrogen-bond acceptors (Lipinski definition) is 3. The molecule has 1 aliphatic rings. The molecular formula is C20H20N2O4. The predicted octanol–water partition coefficient (Wildman–Crippen LogP) is 3.01. The van der Waals surface area contributed by atoms with E-state index in [1.807, 2.05) is 30.3 Å². The minimum absolute atomic E-state index is 0.195. The van der Waals surface area contributed by atoms with Gasteiger partial charge in [0.25, 0.3) is 5.91 Å². The van der Waals surface area contributed by atoms with Gasteiger partial charge >= 0.3 is 5.97 Å². The van der Waals surface area contributed by atoms with Crippen molar-refractivity contribution in [3.05, 3.63) is 60.2 Å². The van der Waals surface area contributed by atoms with Crippen LogP contribution in [0.2, 0.25) is 0 Å². The maximum Gasteiger partial charge on any atom is 0.307 e. The van der Waals surface area contributed by atoms with Crippen LogP contribution in [-0.4, -0.2) is 29.9 Å². The van der Waals surface area contributed by atoms with E-state index in [4.69, 9.17) is 5.11 Å². The minimum Gasteiger partial charge on any atom is -0.481 e. The van der Waals surface area contributed by atoms with E-state index < -0.39 is 17.8 Å². The number of aliphatic carboxylic acids is 1. The number of carboxylic acids is 1. The van der Waals surface area contributed by atoms with Gasteiger partial charge in [0.05, 0.1) is 11.8 Å². The molecule has 0 bridgehead atoms. The Labute approximate surface area is 151 Å². The molecule has 1 fully saturated rings. The number of carbonyl (C=O) groups excluding carboxylic acids is 2. The van der Waals surface area contributed by atoms with Crippen molar-refractivity contribution in [2.24, 2.45) is 11.8 Å². The van der Waals surface area contributed by atoms with Gasteiger partial charge in [0.2, 0.25) is 5.91 Å². The Hall–Kier alpha value is -3.15. The lowest BCUT2D eigenvalue weighted by atomic mass is 9.73. The maximum absolute atomic E-state index is 12.7. The van der Waals surface area contributed by atoms with Crippen LogP contribution in [0.15, 0.2) is 54.6 Å². The van der Waals surface area contributed by atoms with Crippen LogP contribution in [0, 0.1) is 11.8 Å². The van der Waals surface area contributed by atoms with Crippen LogP contribution < -0.4 is 10.2 Å². The van der Waals surface area contributed by atoms with Crippen molar-refractivity contribution in [3.63, 3.8) is 0 Å². The second-order valence-electron chi connectivity index (χ2n) is 6.40. The summed E-state index contributed by atoms with van der Waals surface area (Å²) in [5.74, 6) is -2.59. The average Bonchev–Trinajstić information content (AvgIpc) is 2.60. The first kappa shape index (κ1) is 17.7. The Morgan fingerprint density at radius 1 is 1.00 bits per heavy atom. The van der Waals surface area contributed by atoms with Crippen molar-refractivity contribution >= 4 is 29.2 Å². The van der Waals surface area contributed by atoms with Crippen molar-refractivity contribution in [1.29, 1.82) is 0 Å². The van der Waals surface area contributed by atoms with Crippen LogP contribution in [0.5, 0.6) is 0 Å². The maximum atomic E-state index is 12.7. The van der Waals surface area contributed by atoms with Crippen molar-refractivity contribution < 1.29 is 19.5 Å². The summed E-state index contributed by atoms with van der Waals surface area (Å²) >= 11 is 0. The summed E-state index contributed by atoms with van der Waals surface area (Å²) in [4.78, 5) is 37.5. The third kappa shape index (κ3) is 3.59. The standard InChI is InChI=1S/C20H20N2O4/c1-22(15-8-3-2-4-9-15)19(24)13-6-5-7-14(12-13)21-18(23)16-10-11-17(16)20(25)26/h2-9,12,16-17H,10-11H2,1H3,(H,21,23)(H,25,26). The molecule has 0 saturated heterocycles. The van der Waals surface area contributed by atoms with Crippen molar-refractivity contribution in [3.8, 4) is 0 Å². The predicted molar refractivity (Wildman–Crippen MR) is 98.1 cm³/mol. The van der Waals surface area contributed by atoms with E-state index in [-0.39, 0.29) is 11.8 Å². The van der Waals surface area contributed by atoms with Gasteiger partial charge in [-0.25, -0.2) is 0 Å². The lowest BCUT2D eigenvalue weighted by molar-refractivity contribution is -0.151. The fourth-order valence-corrected chi connectivity index (χ4v) is 3.04. The smallest absolute Gasteiger partial charge is 0.307 e. The first-order valence-electron chi connectivity index (χ1n) is 8.44. The molecular weight excluding hydrogens is 332 g/mol. The van der Waals surface area contributed by atoms with E-state index in [1.54, 1.807) is 31.3 Å². The molecule has 1 saturated carbocycles. The van der Waals surface area contributed by atoms with E-state index in [0.29, 0.717) is 24.1 Å². The van der Waals surface area contributed by atoms with Crippen LogP contribution >= 0.6 is 0 Å². The topological polar surface area (TPSA) is 86.7 Å². The van der Waals surface area contributed by atoms with Crippen LogP contribution in [0.25, 0.3) is 0 Å². The van der Waals surface area contributed by atoms with E-state index in [1.165, 1.54) is 4.90 Å². The first-order valence-corrected chi connectivity index (χ1v) is 8.44. The second-order valence-corrected chi connectivity index (χ2v) is 6.40. The van der Waals surface area contributed by atoms with Gasteiger partial charge < -0.3 is 15.3 Å².